The maximum atomic E-state index is 13.3. The molecule has 2 aliphatic heterocycles. The Bertz CT molecular complexity index is 954. The van der Waals surface area contributed by atoms with Crippen LogP contribution in [0, 0.1) is 0 Å². The monoisotopic (exact) mass is 449 g/mol. The van der Waals surface area contributed by atoms with Gasteiger partial charge in [-0.05, 0) is 24.1 Å². The lowest BCUT2D eigenvalue weighted by Crippen LogP contribution is -2.36. The molecule has 3 aliphatic rings. The molecule has 0 N–H and O–H groups in total. The summed E-state index contributed by atoms with van der Waals surface area (Å²) in [6.45, 7) is 5.98. The highest BCUT2D eigenvalue weighted by molar-refractivity contribution is 7.16. The highest BCUT2D eigenvalue weighted by atomic mass is 35.5. The molecule has 30 heavy (non-hydrogen) atoms. The predicted molar refractivity (Wildman–Crippen MR) is 117 cm³/mol. The Balaban J connectivity index is 1.44. The molecule has 1 aliphatic carbocycles. The smallest absolute Gasteiger partial charge is 0.187 e. The number of aromatic nitrogens is 1. The fourth-order valence-corrected chi connectivity index (χ4v) is 5.83. The molecule has 9 heteroatoms. The number of carbonyl (C=O) groups is 1. The molecule has 1 atom stereocenters. The van der Waals surface area contributed by atoms with E-state index in [0.717, 1.165) is 58.8 Å². The number of carbonyl (C=O) groups excluding carboxylic acids is 1. The Morgan fingerprint density at radius 1 is 1.10 bits per heavy atom. The second-order valence-electron chi connectivity index (χ2n) is 7.65. The first kappa shape index (κ1) is 20.1. The SMILES string of the molecule is COc1cc2c(cc1N1CCOCC1)CC(c1sc(N3CCOCC3)nc1Cl)C2=O. The topological polar surface area (TPSA) is 64.1 Å². The Morgan fingerprint density at radius 3 is 2.43 bits per heavy atom. The lowest BCUT2D eigenvalue weighted by atomic mass is 10.0. The number of ketones is 1. The summed E-state index contributed by atoms with van der Waals surface area (Å²) in [6, 6.07) is 4.00. The first-order valence-electron chi connectivity index (χ1n) is 10.2. The average Bonchev–Trinajstić information content (AvgIpc) is 3.33. The minimum absolute atomic E-state index is 0.0934. The zero-order valence-corrected chi connectivity index (χ0v) is 18.4. The summed E-state index contributed by atoms with van der Waals surface area (Å²) >= 11 is 8.03. The van der Waals surface area contributed by atoms with Crippen LogP contribution in [0.2, 0.25) is 5.15 Å². The van der Waals surface area contributed by atoms with Gasteiger partial charge in [0.25, 0.3) is 0 Å². The van der Waals surface area contributed by atoms with E-state index in [0.29, 0.717) is 38.0 Å². The molecule has 7 nitrogen and oxygen atoms in total. The van der Waals surface area contributed by atoms with Crippen LogP contribution in [0.4, 0.5) is 10.8 Å². The molecule has 1 aromatic carbocycles. The molecular formula is C21H24ClN3O4S. The number of ether oxygens (including phenoxy) is 3. The molecule has 3 heterocycles. The van der Waals surface area contributed by atoms with Gasteiger partial charge in [0.1, 0.15) is 10.9 Å². The standard InChI is InChI=1S/C21H24ClN3O4S/c1-27-17-12-14-13(11-16(17)24-2-6-28-7-3-24)10-15(18(14)26)19-20(22)23-21(30-19)25-4-8-29-9-5-25/h11-12,15H,2-10H2,1H3. The number of halogens is 1. The molecular weight excluding hydrogens is 426 g/mol. The van der Waals surface area contributed by atoms with E-state index in [-0.39, 0.29) is 11.7 Å². The van der Waals surface area contributed by atoms with Crippen molar-refractivity contribution in [2.45, 2.75) is 12.3 Å². The third-order valence-corrected chi connectivity index (χ3v) is 7.59. The van der Waals surface area contributed by atoms with Gasteiger partial charge in [-0.25, -0.2) is 4.98 Å². The lowest BCUT2D eigenvalue weighted by molar-refractivity contribution is 0.0973. The zero-order valence-electron chi connectivity index (χ0n) is 16.9. The fourth-order valence-electron chi connectivity index (χ4n) is 4.34. The predicted octanol–water partition coefficient (Wildman–Crippen LogP) is 3.00. The van der Waals surface area contributed by atoms with Crippen LogP contribution in [0.15, 0.2) is 12.1 Å². The van der Waals surface area contributed by atoms with Gasteiger partial charge in [-0.15, -0.1) is 0 Å². The molecule has 2 aromatic rings. The third kappa shape index (κ3) is 3.56. The van der Waals surface area contributed by atoms with Crippen LogP contribution in [0.3, 0.4) is 0 Å². The largest absolute Gasteiger partial charge is 0.495 e. The van der Waals surface area contributed by atoms with E-state index in [1.165, 1.54) is 11.3 Å². The van der Waals surface area contributed by atoms with Gasteiger partial charge in [0.2, 0.25) is 0 Å². The molecule has 0 bridgehead atoms. The van der Waals surface area contributed by atoms with Crippen LogP contribution in [0.1, 0.15) is 26.7 Å². The lowest BCUT2D eigenvalue weighted by Gasteiger charge is -2.30. The third-order valence-electron chi connectivity index (χ3n) is 5.96. The van der Waals surface area contributed by atoms with E-state index in [9.17, 15) is 4.79 Å². The highest BCUT2D eigenvalue weighted by Crippen LogP contribution is 2.45. The summed E-state index contributed by atoms with van der Waals surface area (Å²) in [7, 11) is 1.65. The Kier molecular flexibility index (Phi) is 5.58. The van der Waals surface area contributed by atoms with Gasteiger partial charge in [-0.2, -0.15) is 0 Å². The molecule has 0 spiro atoms. The maximum Gasteiger partial charge on any atom is 0.187 e. The van der Waals surface area contributed by atoms with Gasteiger partial charge < -0.3 is 24.0 Å². The van der Waals surface area contributed by atoms with E-state index in [1.807, 2.05) is 6.07 Å². The number of anilines is 2. The Hall–Kier alpha value is -1.87. The summed E-state index contributed by atoms with van der Waals surface area (Å²) in [5.41, 5.74) is 2.80. The quantitative estimate of drug-likeness (QED) is 0.710. The van der Waals surface area contributed by atoms with Gasteiger partial charge in [0, 0.05) is 31.7 Å². The number of Topliss-reactive ketones (excluding diaryl/α,β-unsaturated/α-hetero) is 1. The van der Waals surface area contributed by atoms with E-state index >= 15 is 0 Å². The molecule has 0 radical (unpaired) electrons. The van der Waals surface area contributed by atoms with E-state index < -0.39 is 0 Å². The van der Waals surface area contributed by atoms with E-state index in [1.54, 1.807) is 7.11 Å². The molecule has 5 rings (SSSR count). The number of benzene rings is 1. The number of methoxy groups -OCH3 is 1. The molecule has 2 fully saturated rings. The van der Waals surface area contributed by atoms with Gasteiger partial charge >= 0.3 is 0 Å². The number of fused-ring (bicyclic) bond motifs is 1. The first-order valence-corrected chi connectivity index (χ1v) is 11.4. The maximum absolute atomic E-state index is 13.3. The summed E-state index contributed by atoms with van der Waals surface area (Å²) in [5, 5.41) is 1.31. The Morgan fingerprint density at radius 2 is 1.77 bits per heavy atom. The van der Waals surface area contributed by atoms with Gasteiger partial charge in [-0.3, -0.25) is 4.79 Å². The van der Waals surface area contributed by atoms with Crippen molar-refractivity contribution in [3.05, 3.63) is 33.3 Å². The summed E-state index contributed by atoms with van der Waals surface area (Å²) in [4.78, 5) is 23.1. The van der Waals surface area contributed by atoms with Crippen molar-refractivity contribution in [2.75, 3.05) is 69.5 Å². The number of hydrogen-bond acceptors (Lipinski definition) is 8. The van der Waals surface area contributed by atoms with Crippen LogP contribution in [-0.2, 0) is 15.9 Å². The van der Waals surface area contributed by atoms with Crippen molar-refractivity contribution in [1.82, 2.24) is 4.98 Å². The van der Waals surface area contributed by atoms with E-state index in [4.69, 9.17) is 25.8 Å². The van der Waals surface area contributed by atoms with Crippen molar-refractivity contribution in [3.63, 3.8) is 0 Å². The van der Waals surface area contributed by atoms with Gasteiger partial charge in [0.05, 0.1) is 50.0 Å². The summed E-state index contributed by atoms with van der Waals surface area (Å²) < 4.78 is 16.5. The van der Waals surface area contributed by atoms with Crippen molar-refractivity contribution >= 4 is 39.5 Å². The van der Waals surface area contributed by atoms with Crippen LogP contribution in [0.5, 0.6) is 5.75 Å². The van der Waals surface area contributed by atoms with Gasteiger partial charge in [-0.1, -0.05) is 22.9 Å². The molecule has 160 valence electrons. The Labute approximate surface area is 184 Å². The number of hydrogen-bond donors (Lipinski definition) is 0. The number of rotatable bonds is 4. The summed E-state index contributed by atoms with van der Waals surface area (Å²) in [5.74, 6) is 0.536. The zero-order chi connectivity index (χ0) is 20.7. The van der Waals surface area contributed by atoms with Crippen LogP contribution < -0.4 is 14.5 Å². The summed E-state index contributed by atoms with van der Waals surface area (Å²) in [6.07, 6.45) is 0.639. The number of morpholine rings is 2. The molecule has 0 saturated carbocycles. The normalized spacial score (nSPS) is 21.8. The van der Waals surface area contributed by atoms with Crippen LogP contribution >= 0.6 is 22.9 Å². The van der Waals surface area contributed by atoms with Crippen molar-refractivity contribution in [3.8, 4) is 5.75 Å². The highest BCUT2D eigenvalue weighted by Gasteiger charge is 2.37. The molecule has 1 aromatic heterocycles. The van der Waals surface area contributed by atoms with E-state index in [2.05, 4.69) is 20.9 Å². The van der Waals surface area contributed by atoms with Crippen molar-refractivity contribution in [1.29, 1.82) is 0 Å². The fraction of sp³-hybridized carbons (Fsp3) is 0.524. The number of thiazole rings is 1. The molecule has 1 unspecified atom stereocenters. The van der Waals surface area contributed by atoms with Gasteiger partial charge in [0.15, 0.2) is 10.9 Å². The van der Waals surface area contributed by atoms with Crippen LogP contribution in [-0.4, -0.2) is 70.5 Å². The number of nitrogens with zero attached hydrogens (tertiary/aromatic N) is 3. The minimum Gasteiger partial charge on any atom is -0.495 e. The molecule has 0 amide bonds. The second-order valence-corrected chi connectivity index (χ2v) is 9.02. The second kappa shape index (κ2) is 8.34. The van der Waals surface area contributed by atoms with Crippen molar-refractivity contribution in [2.24, 2.45) is 0 Å². The molecule has 2 saturated heterocycles. The average molecular weight is 450 g/mol. The first-order chi connectivity index (χ1) is 14.7. The minimum atomic E-state index is -0.288. The van der Waals surface area contributed by atoms with Crippen molar-refractivity contribution < 1.29 is 19.0 Å². The van der Waals surface area contributed by atoms with Crippen LogP contribution in [0.25, 0.3) is 0 Å².